The molecule has 0 aromatic heterocycles. The molecule has 1 saturated heterocycles. The van der Waals surface area contributed by atoms with Crippen molar-refractivity contribution in [1.82, 2.24) is 4.90 Å². The Morgan fingerprint density at radius 3 is 2.61 bits per heavy atom. The van der Waals surface area contributed by atoms with Gasteiger partial charge in [0.05, 0.1) is 11.6 Å². The second-order valence-corrected chi connectivity index (χ2v) is 8.86. The molecule has 6 heteroatoms. The third-order valence-electron chi connectivity index (χ3n) is 6.07. The lowest BCUT2D eigenvalue weighted by Gasteiger charge is -2.25. The lowest BCUT2D eigenvalue weighted by molar-refractivity contribution is -0.140. The van der Waals surface area contributed by atoms with Crippen LogP contribution in [0, 0.1) is 0 Å². The Balaban J connectivity index is 1.64. The minimum Gasteiger partial charge on any atom is -0.507 e. The molecule has 3 aromatic carbocycles. The Morgan fingerprint density at radius 2 is 1.85 bits per heavy atom. The summed E-state index contributed by atoms with van der Waals surface area (Å²) in [5.74, 6) is -0.784. The SMILES string of the molecule is C[C@@H]1Cc2cc(/C(O)=C3\C(=O)C(=O)N(Cc4ccccc4)[C@@H]3c3cccc(Cl)c3)ccc2O1. The number of benzene rings is 3. The fourth-order valence-electron chi connectivity index (χ4n) is 4.57. The first-order valence-corrected chi connectivity index (χ1v) is 11.2. The number of Topliss-reactive ketones (excluding diaryl/α,β-unsaturated/α-hetero) is 1. The minimum atomic E-state index is -0.757. The van der Waals surface area contributed by atoms with Crippen molar-refractivity contribution in [3.8, 4) is 5.75 Å². The molecule has 2 heterocycles. The molecule has 5 nitrogen and oxygen atoms in total. The van der Waals surface area contributed by atoms with E-state index in [4.69, 9.17) is 16.3 Å². The molecule has 0 radical (unpaired) electrons. The second-order valence-electron chi connectivity index (χ2n) is 8.42. The van der Waals surface area contributed by atoms with Gasteiger partial charge < -0.3 is 14.7 Å². The quantitative estimate of drug-likeness (QED) is 0.327. The standard InChI is InChI=1S/C27H22ClNO4/c1-16-12-20-13-19(10-11-22(20)33-16)25(30)23-24(18-8-5-9-21(28)14-18)29(27(32)26(23)31)15-17-6-3-2-4-7-17/h2-11,13-14,16,24,30H,12,15H2,1H3/b25-23+/t16-,24-/m1/s1. The van der Waals surface area contributed by atoms with Crippen LogP contribution in [0.4, 0.5) is 0 Å². The largest absolute Gasteiger partial charge is 0.507 e. The highest BCUT2D eigenvalue weighted by atomic mass is 35.5. The van der Waals surface area contributed by atoms with E-state index in [1.54, 1.807) is 30.3 Å². The van der Waals surface area contributed by atoms with Gasteiger partial charge in [0.25, 0.3) is 11.7 Å². The molecule has 166 valence electrons. The molecule has 5 rings (SSSR count). The van der Waals surface area contributed by atoms with Gasteiger partial charge >= 0.3 is 0 Å². The summed E-state index contributed by atoms with van der Waals surface area (Å²) in [6.07, 6.45) is 0.775. The highest BCUT2D eigenvalue weighted by Crippen LogP contribution is 2.41. The lowest BCUT2D eigenvalue weighted by atomic mass is 9.94. The predicted molar refractivity (Wildman–Crippen MR) is 126 cm³/mol. The van der Waals surface area contributed by atoms with Gasteiger partial charge in [-0.3, -0.25) is 9.59 Å². The van der Waals surface area contributed by atoms with Crippen LogP contribution < -0.4 is 4.74 Å². The van der Waals surface area contributed by atoms with Gasteiger partial charge in [-0.05, 0) is 53.9 Å². The molecule has 2 aliphatic rings. The number of nitrogens with zero attached hydrogens (tertiary/aromatic N) is 1. The number of aliphatic hydroxyl groups is 1. The zero-order valence-electron chi connectivity index (χ0n) is 18.0. The number of ether oxygens (including phenoxy) is 1. The van der Waals surface area contributed by atoms with Gasteiger partial charge in [0, 0.05) is 23.6 Å². The van der Waals surface area contributed by atoms with Crippen molar-refractivity contribution in [3.05, 3.63) is 106 Å². The van der Waals surface area contributed by atoms with Crippen molar-refractivity contribution >= 4 is 29.1 Å². The summed E-state index contributed by atoms with van der Waals surface area (Å²) in [6, 6.07) is 21.1. The van der Waals surface area contributed by atoms with Crippen molar-refractivity contribution in [3.63, 3.8) is 0 Å². The maximum absolute atomic E-state index is 13.2. The number of carbonyl (C=O) groups excluding carboxylic acids is 2. The van der Waals surface area contributed by atoms with Gasteiger partial charge in [0.1, 0.15) is 17.6 Å². The van der Waals surface area contributed by atoms with Crippen molar-refractivity contribution < 1.29 is 19.4 Å². The number of amides is 1. The number of ketones is 1. The molecule has 0 unspecified atom stereocenters. The number of carbonyl (C=O) groups is 2. The average Bonchev–Trinajstić information content (AvgIpc) is 3.30. The molecule has 1 amide bonds. The molecule has 0 bridgehead atoms. The van der Waals surface area contributed by atoms with E-state index in [9.17, 15) is 14.7 Å². The molecule has 1 N–H and O–H groups in total. The maximum Gasteiger partial charge on any atom is 0.295 e. The highest BCUT2D eigenvalue weighted by Gasteiger charge is 2.46. The monoisotopic (exact) mass is 459 g/mol. The zero-order chi connectivity index (χ0) is 23.1. The first-order chi connectivity index (χ1) is 15.9. The molecule has 2 atom stereocenters. The summed E-state index contributed by atoms with van der Waals surface area (Å²) >= 11 is 6.25. The minimum absolute atomic E-state index is 0.0558. The number of aliphatic hydroxyl groups excluding tert-OH is 1. The molecular weight excluding hydrogens is 438 g/mol. The van der Waals surface area contributed by atoms with Gasteiger partial charge in [-0.25, -0.2) is 0 Å². The Bertz CT molecular complexity index is 1280. The zero-order valence-corrected chi connectivity index (χ0v) is 18.8. The Kier molecular flexibility index (Phi) is 5.43. The van der Waals surface area contributed by atoms with Gasteiger partial charge in [-0.1, -0.05) is 54.1 Å². The molecular formula is C27H22ClNO4. The van der Waals surface area contributed by atoms with Crippen LogP contribution in [0.5, 0.6) is 5.75 Å². The molecule has 3 aromatic rings. The first-order valence-electron chi connectivity index (χ1n) is 10.8. The number of likely N-dealkylation sites (tertiary alicyclic amines) is 1. The molecule has 1 fully saturated rings. The van der Waals surface area contributed by atoms with E-state index >= 15 is 0 Å². The molecule has 0 saturated carbocycles. The fraction of sp³-hybridized carbons (Fsp3) is 0.185. The topological polar surface area (TPSA) is 66.8 Å². The summed E-state index contributed by atoms with van der Waals surface area (Å²) < 4.78 is 5.75. The number of hydrogen-bond donors (Lipinski definition) is 1. The van der Waals surface area contributed by atoms with Crippen LogP contribution in [0.2, 0.25) is 5.02 Å². The van der Waals surface area contributed by atoms with E-state index in [-0.39, 0.29) is 24.0 Å². The van der Waals surface area contributed by atoms with Crippen LogP contribution in [-0.4, -0.2) is 27.8 Å². The summed E-state index contributed by atoms with van der Waals surface area (Å²) in [5, 5.41) is 11.8. The van der Waals surface area contributed by atoms with Gasteiger partial charge in [-0.15, -0.1) is 0 Å². The van der Waals surface area contributed by atoms with Crippen molar-refractivity contribution in [2.75, 3.05) is 0 Å². The Hall–Kier alpha value is -3.57. The van der Waals surface area contributed by atoms with E-state index in [1.807, 2.05) is 49.4 Å². The smallest absolute Gasteiger partial charge is 0.295 e. The van der Waals surface area contributed by atoms with E-state index in [0.717, 1.165) is 23.3 Å². The van der Waals surface area contributed by atoms with E-state index in [0.29, 0.717) is 16.1 Å². The van der Waals surface area contributed by atoms with Crippen molar-refractivity contribution in [2.45, 2.75) is 32.0 Å². The third-order valence-corrected chi connectivity index (χ3v) is 6.30. The molecule has 33 heavy (non-hydrogen) atoms. The molecule has 2 aliphatic heterocycles. The summed E-state index contributed by atoms with van der Waals surface area (Å²) in [4.78, 5) is 27.8. The third kappa shape index (κ3) is 3.89. The van der Waals surface area contributed by atoms with Crippen LogP contribution in [0.3, 0.4) is 0 Å². The molecule has 0 aliphatic carbocycles. The predicted octanol–water partition coefficient (Wildman–Crippen LogP) is 5.29. The summed E-state index contributed by atoms with van der Waals surface area (Å²) in [5.41, 5.74) is 3.05. The fourth-order valence-corrected chi connectivity index (χ4v) is 4.77. The highest BCUT2D eigenvalue weighted by molar-refractivity contribution is 6.46. The van der Waals surface area contributed by atoms with Gasteiger partial charge in [-0.2, -0.15) is 0 Å². The van der Waals surface area contributed by atoms with Gasteiger partial charge in [0.15, 0.2) is 0 Å². The van der Waals surface area contributed by atoms with Crippen LogP contribution >= 0.6 is 11.6 Å². The van der Waals surface area contributed by atoms with E-state index < -0.39 is 17.7 Å². The maximum atomic E-state index is 13.2. The summed E-state index contributed by atoms with van der Waals surface area (Å²) in [7, 11) is 0. The Labute approximate surface area is 196 Å². The second kappa shape index (κ2) is 8.41. The summed E-state index contributed by atoms with van der Waals surface area (Å²) in [6.45, 7) is 2.21. The lowest BCUT2D eigenvalue weighted by Crippen LogP contribution is -2.29. The van der Waals surface area contributed by atoms with Crippen LogP contribution in [0.1, 0.15) is 35.2 Å². The van der Waals surface area contributed by atoms with Crippen molar-refractivity contribution in [1.29, 1.82) is 0 Å². The van der Waals surface area contributed by atoms with Crippen LogP contribution in [0.25, 0.3) is 5.76 Å². The van der Waals surface area contributed by atoms with Crippen LogP contribution in [0.15, 0.2) is 78.4 Å². The number of halogens is 1. The number of hydrogen-bond acceptors (Lipinski definition) is 4. The van der Waals surface area contributed by atoms with E-state index in [1.165, 1.54) is 4.90 Å². The normalized spacial score (nSPS) is 21.2. The van der Waals surface area contributed by atoms with Crippen molar-refractivity contribution in [2.24, 2.45) is 0 Å². The van der Waals surface area contributed by atoms with Gasteiger partial charge in [0.2, 0.25) is 0 Å². The number of fused-ring (bicyclic) bond motifs is 1. The van der Waals surface area contributed by atoms with Crippen LogP contribution in [-0.2, 0) is 22.6 Å². The molecule has 0 spiro atoms. The van der Waals surface area contributed by atoms with E-state index in [2.05, 4.69) is 0 Å². The first kappa shape index (κ1) is 21.3. The Morgan fingerprint density at radius 1 is 1.06 bits per heavy atom. The number of rotatable bonds is 4. The average molecular weight is 460 g/mol.